The van der Waals surface area contributed by atoms with Crippen molar-refractivity contribution in [3.8, 4) is 5.75 Å². The molecule has 0 saturated carbocycles. The first-order chi connectivity index (χ1) is 15.8. The molecule has 3 aromatic carbocycles. The standard InChI is InChI=1S/C24H14ClFN2O5/c25-16-5-3-15(4-6-16)23(31)33-19-11-1-14(2-12-19)13-20-21(29)27-24(32)28(22(20)30)18-9-7-17(26)8-10-18/h1-13H,(H,27,29,32)/b20-13-. The Hall–Kier alpha value is -4.30. The zero-order chi connectivity index (χ0) is 23.5. The number of barbiturate groups is 1. The van der Waals surface area contributed by atoms with E-state index in [2.05, 4.69) is 5.32 Å². The van der Waals surface area contributed by atoms with E-state index in [-0.39, 0.29) is 17.0 Å². The smallest absolute Gasteiger partial charge is 0.343 e. The van der Waals surface area contributed by atoms with Gasteiger partial charge in [0.1, 0.15) is 17.1 Å². The van der Waals surface area contributed by atoms with Crippen LogP contribution in [0.3, 0.4) is 0 Å². The van der Waals surface area contributed by atoms with Crippen LogP contribution < -0.4 is 15.0 Å². The Morgan fingerprint density at radius 1 is 0.909 bits per heavy atom. The van der Waals surface area contributed by atoms with E-state index >= 15 is 0 Å². The number of urea groups is 1. The SMILES string of the molecule is O=C1NC(=O)N(c2ccc(F)cc2)C(=O)/C1=C\c1ccc(OC(=O)c2ccc(Cl)cc2)cc1. The Morgan fingerprint density at radius 3 is 2.18 bits per heavy atom. The average molecular weight is 465 g/mol. The molecule has 4 amide bonds. The topological polar surface area (TPSA) is 92.8 Å². The number of nitrogens with zero attached hydrogens (tertiary/aromatic N) is 1. The number of imide groups is 2. The van der Waals surface area contributed by atoms with E-state index in [0.717, 1.165) is 17.0 Å². The Labute approximate surface area is 192 Å². The number of nitrogens with one attached hydrogen (secondary N) is 1. The van der Waals surface area contributed by atoms with Crippen LogP contribution >= 0.6 is 11.6 Å². The van der Waals surface area contributed by atoms with Gasteiger partial charge in [0.25, 0.3) is 11.8 Å². The van der Waals surface area contributed by atoms with E-state index in [1.54, 1.807) is 12.1 Å². The van der Waals surface area contributed by atoms with Gasteiger partial charge in [-0.3, -0.25) is 14.9 Å². The molecule has 1 aliphatic rings. The summed E-state index contributed by atoms with van der Waals surface area (Å²) < 4.78 is 18.5. The van der Waals surface area contributed by atoms with Crippen molar-refractivity contribution >= 4 is 47.2 Å². The van der Waals surface area contributed by atoms with Gasteiger partial charge in [-0.15, -0.1) is 0 Å². The van der Waals surface area contributed by atoms with Crippen LogP contribution in [0.25, 0.3) is 6.08 Å². The van der Waals surface area contributed by atoms with Gasteiger partial charge < -0.3 is 4.74 Å². The molecule has 0 aliphatic carbocycles. The van der Waals surface area contributed by atoms with Crippen LogP contribution in [-0.2, 0) is 9.59 Å². The van der Waals surface area contributed by atoms with Crippen LogP contribution in [0.5, 0.6) is 5.75 Å². The first kappa shape index (κ1) is 21.9. The molecule has 1 fully saturated rings. The molecular weight excluding hydrogens is 451 g/mol. The minimum absolute atomic E-state index is 0.113. The summed E-state index contributed by atoms with van der Waals surface area (Å²) in [6.07, 6.45) is 1.30. The number of halogens is 2. The number of carbonyl (C=O) groups is 4. The molecule has 0 radical (unpaired) electrons. The van der Waals surface area contributed by atoms with E-state index in [9.17, 15) is 23.6 Å². The fourth-order valence-electron chi connectivity index (χ4n) is 3.03. The monoisotopic (exact) mass is 464 g/mol. The van der Waals surface area contributed by atoms with Crippen molar-refractivity contribution in [2.45, 2.75) is 0 Å². The molecule has 0 aromatic heterocycles. The molecule has 1 saturated heterocycles. The van der Waals surface area contributed by atoms with E-state index in [4.69, 9.17) is 16.3 Å². The van der Waals surface area contributed by atoms with Crippen molar-refractivity contribution in [2.24, 2.45) is 0 Å². The van der Waals surface area contributed by atoms with Crippen LogP contribution in [0.2, 0.25) is 5.02 Å². The third-order valence-electron chi connectivity index (χ3n) is 4.67. The molecule has 1 aliphatic heterocycles. The number of anilines is 1. The predicted molar refractivity (Wildman–Crippen MR) is 118 cm³/mol. The van der Waals surface area contributed by atoms with Crippen LogP contribution in [0.4, 0.5) is 14.9 Å². The molecular formula is C24H14ClFN2O5. The minimum atomic E-state index is -0.932. The third kappa shape index (κ3) is 4.81. The Morgan fingerprint density at radius 2 is 1.55 bits per heavy atom. The largest absolute Gasteiger partial charge is 0.423 e. The summed E-state index contributed by atoms with van der Waals surface area (Å²) in [6.45, 7) is 0. The van der Waals surface area contributed by atoms with E-state index in [1.807, 2.05) is 0 Å². The molecule has 1 heterocycles. The number of amides is 4. The lowest BCUT2D eigenvalue weighted by Crippen LogP contribution is -2.54. The van der Waals surface area contributed by atoms with E-state index in [0.29, 0.717) is 16.1 Å². The van der Waals surface area contributed by atoms with Gasteiger partial charge in [-0.2, -0.15) is 0 Å². The van der Waals surface area contributed by atoms with Gasteiger partial charge in [0.05, 0.1) is 11.3 Å². The van der Waals surface area contributed by atoms with Crippen LogP contribution in [-0.4, -0.2) is 23.8 Å². The first-order valence-corrected chi connectivity index (χ1v) is 9.94. The van der Waals surface area contributed by atoms with Crippen molar-refractivity contribution in [1.29, 1.82) is 0 Å². The van der Waals surface area contributed by atoms with Gasteiger partial charge in [0.2, 0.25) is 0 Å². The highest BCUT2D eigenvalue weighted by Gasteiger charge is 2.36. The molecule has 0 bridgehead atoms. The van der Waals surface area contributed by atoms with Crippen LogP contribution in [0.1, 0.15) is 15.9 Å². The summed E-state index contributed by atoms with van der Waals surface area (Å²) in [5.41, 5.74) is 0.598. The molecule has 4 rings (SSSR count). The van der Waals surface area contributed by atoms with Gasteiger partial charge in [-0.1, -0.05) is 23.7 Å². The number of ether oxygens (including phenoxy) is 1. The summed E-state index contributed by atoms with van der Waals surface area (Å²) in [5.74, 6) is -2.57. The molecule has 0 unspecified atom stereocenters. The molecule has 33 heavy (non-hydrogen) atoms. The van der Waals surface area contributed by atoms with Crippen LogP contribution in [0.15, 0.2) is 78.4 Å². The quantitative estimate of drug-likeness (QED) is 0.268. The molecule has 3 aromatic rings. The molecule has 0 atom stereocenters. The van der Waals surface area contributed by atoms with Gasteiger partial charge >= 0.3 is 12.0 Å². The third-order valence-corrected chi connectivity index (χ3v) is 4.92. The van der Waals surface area contributed by atoms with Crippen molar-refractivity contribution in [3.05, 3.63) is 100 Å². The molecule has 1 N–H and O–H groups in total. The zero-order valence-electron chi connectivity index (χ0n) is 16.7. The minimum Gasteiger partial charge on any atom is -0.423 e. The highest BCUT2D eigenvalue weighted by molar-refractivity contribution is 6.39. The number of benzene rings is 3. The molecule has 0 spiro atoms. The lowest BCUT2D eigenvalue weighted by molar-refractivity contribution is -0.122. The summed E-state index contributed by atoms with van der Waals surface area (Å²) in [4.78, 5) is 50.2. The number of carbonyl (C=O) groups excluding carboxylic acids is 4. The van der Waals surface area contributed by atoms with E-state index < -0.39 is 29.6 Å². The van der Waals surface area contributed by atoms with Crippen LogP contribution in [0, 0.1) is 5.82 Å². The van der Waals surface area contributed by atoms with Gasteiger partial charge in [-0.25, -0.2) is 18.9 Å². The summed E-state index contributed by atoms with van der Waals surface area (Å²) >= 11 is 5.81. The number of hydrogen-bond donors (Lipinski definition) is 1. The van der Waals surface area contributed by atoms with Crippen molar-refractivity contribution in [1.82, 2.24) is 5.32 Å². The zero-order valence-corrected chi connectivity index (χ0v) is 17.5. The van der Waals surface area contributed by atoms with Gasteiger partial charge in [0, 0.05) is 5.02 Å². The maximum Gasteiger partial charge on any atom is 0.343 e. The maximum atomic E-state index is 13.2. The summed E-state index contributed by atoms with van der Waals surface area (Å²) in [5, 5.41) is 2.58. The molecule has 7 nitrogen and oxygen atoms in total. The highest BCUT2D eigenvalue weighted by atomic mass is 35.5. The lowest BCUT2D eigenvalue weighted by Gasteiger charge is -2.26. The fourth-order valence-corrected chi connectivity index (χ4v) is 3.16. The van der Waals surface area contributed by atoms with Crippen molar-refractivity contribution < 1.29 is 28.3 Å². The van der Waals surface area contributed by atoms with Gasteiger partial charge in [-0.05, 0) is 72.3 Å². The van der Waals surface area contributed by atoms with Crippen molar-refractivity contribution in [3.63, 3.8) is 0 Å². The lowest BCUT2D eigenvalue weighted by atomic mass is 10.1. The highest BCUT2D eigenvalue weighted by Crippen LogP contribution is 2.23. The second kappa shape index (κ2) is 9.05. The number of hydrogen-bond acceptors (Lipinski definition) is 5. The summed E-state index contributed by atoms with van der Waals surface area (Å²) in [6, 6.07) is 16.0. The predicted octanol–water partition coefficient (Wildman–Crippen LogP) is 4.36. The summed E-state index contributed by atoms with van der Waals surface area (Å²) in [7, 11) is 0. The van der Waals surface area contributed by atoms with Gasteiger partial charge in [0.15, 0.2) is 0 Å². The molecule has 164 valence electrons. The second-order valence-corrected chi connectivity index (χ2v) is 7.34. The average Bonchev–Trinajstić information content (AvgIpc) is 2.79. The number of rotatable bonds is 4. The van der Waals surface area contributed by atoms with Crippen molar-refractivity contribution in [2.75, 3.05) is 4.90 Å². The number of esters is 1. The first-order valence-electron chi connectivity index (χ1n) is 9.56. The Bertz CT molecular complexity index is 1290. The molecule has 9 heteroatoms. The fraction of sp³-hybridized carbons (Fsp3) is 0. The maximum absolute atomic E-state index is 13.2. The van der Waals surface area contributed by atoms with E-state index in [1.165, 1.54) is 54.6 Å². The normalized spacial score (nSPS) is 14.9. The second-order valence-electron chi connectivity index (χ2n) is 6.90. The Balaban J connectivity index is 1.53. The Kier molecular flexibility index (Phi) is 6.01.